The van der Waals surface area contributed by atoms with Gasteiger partial charge >= 0.3 is 0 Å². The van der Waals surface area contributed by atoms with Gasteiger partial charge in [-0.05, 0) is 38.8 Å². The van der Waals surface area contributed by atoms with Crippen molar-refractivity contribution in [1.29, 1.82) is 0 Å². The van der Waals surface area contributed by atoms with Crippen molar-refractivity contribution < 1.29 is 4.74 Å². The number of nitrogens with one attached hydrogen (secondary N) is 1. The predicted molar refractivity (Wildman–Crippen MR) is 84.2 cm³/mol. The normalized spacial score (nSPS) is 23.8. The fourth-order valence-corrected chi connectivity index (χ4v) is 3.04. The quantitative estimate of drug-likeness (QED) is 0.864. The van der Waals surface area contributed by atoms with Crippen molar-refractivity contribution in [2.24, 2.45) is 0 Å². The number of methoxy groups -OCH3 is 1. The molecule has 1 aliphatic rings. The predicted octanol–water partition coefficient (Wildman–Crippen LogP) is 3.05. The maximum Gasteiger partial charge on any atom is 0.123 e. The monoisotopic (exact) mass is 276 g/mol. The van der Waals surface area contributed by atoms with Crippen molar-refractivity contribution in [2.45, 2.75) is 51.7 Å². The van der Waals surface area contributed by atoms with Crippen LogP contribution in [-0.2, 0) is 6.54 Å². The molecule has 20 heavy (non-hydrogen) atoms. The maximum absolute atomic E-state index is 5.46. The number of hydrogen-bond donors (Lipinski definition) is 1. The molecule has 1 N–H and O–H groups in total. The van der Waals surface area contributed by atoms with Crippen LogP contribution in [0.5, 0.6) is 5.75 Å². The molecule has 2 rings (SSSR count). The topological polar surface area (TPSA) is 24.5 Å². The third kappa shape index (κ3) is 3.97. The van der Waals surface area contributed by atoms with Crippen molar-refractivity contribution >= 4 is 0 Å². The maximum atomic E-state index is 5.46. The SMILES string of the molecule is CCCNC1CCN(Cc2ccccc2OC)C(C)C1. The van der Waals surface area contributed by atoms with Crippen LogP contribution in [0.4, 0.5) is 0 Å². The number of hydrogen-bond acceptors (Lipinski definition) is 3. The second-order valence-electron chi connectivity index (χ2n) is 5.81. The molecule has 1 saturated heterocycles. The second kappa shape index (κ2) is 7.65. The average molecular weight is 276 g/mol. The lowest BCUT2D eigenvalue weighted by molar-refractivity contribution is 0.127. The van der Waals surface area contributed by atoms with E-state index in [0.29, 0.717) is 12.1 Å². The van der Waals surface area contributed by atoms with Crippen LogP contribution >= 0.6 is 0 Å². The lowest BCUT2D eigenvalue weighted by Crippen LogP contribution is -2.47. The molecule has 1 heterocycles. The number of nitrogens with zero attached hydrogens (tertiary/aromatic N) is 1. The molecule has 2 atom stereocenters. The first-order chi connectivity index (χ1) is 9.74. The number of piperidine rings is 1. The van der Waals surface area contributed by atoms with Gasteiger partial charge < -0.3 is 10.1 Å². The Balaban J connectivity index is 1.91. The molecule has 1 fully saturated rings. The number of ether oxygens (including phenoxy) is 1. The fraction of sp³-hybridized carbons (Fsp3) is 0.647. The van der Waals surface area contributed by atoms with E-state index in [2.05, 4.69) is 42.3 Å². The van der Waals surface area contributed by atoms with Gasteiger partial charge in [0, 0.05) is 30.7 Å². The molecule has 0 spiro atoms. The van der Waals surface area contributed by atoms with Crippen LogP contribution in [0.25, 0.3) is 0 Å². The standard InChI is InChI=1S/C17H28N2O/c1-4-10-18-16-9-11-19(14(2)12-16)13-15-7-5-6-8-17(15)20-3/h5-8,14,16,18H,4,9-13H2,1-3H3. The number of para-hydroxylation sites is 1. The van der Waals surface area contributed by atoms with Gasteiger partial charge in [0.05, 0.1) is 7.11 Å². The molecule has 1 aromatic rings. The van der Waals surface area contributed by atoms with E-state index < -0.39 is 0 Å². The third-order valence-corrected chi connectivity index (χ3v) is 4.26. The summed E-state index contributed by atoms with van der Waals surface area (Å²) < 4.78 is 5.46. The van der Waals surface area contributed by atoms with Crippen LogP contribution in [0, 0.1) is 0 Å². The molecule has 1 aliphatic heterocycles. The van der Waals surface area contributed by atoms with Gasteiger partial charge in [-0.15, -0.1) is 0 Å². The Kier molecular flexibility index (Phi) is 5.86. The molecule has 3 heteroatoms. The van der Waals surface area contributed by atoms with Crippen molar-refractivity contribution in [2.75, 3.05) is 20.2 Å². The van der Waals surface area contributed by atoms with Crippen molar-refractivity contribution in [3.8, 4) is 5.75 Å². The molecule has 112 valence electrons. The van der Waals surface area contributed by atoms with E-state index in [-0.39, 0.29) is 0 Å². The molecule has 0 bridgehead atoms. The Hall–Kier alpha value is -1.06. The van der Waals surface area contributed by atoms with Crippen molar-refractivity contribution in [1.82, 2.24) is 10.2 Å². The van der Waals surface area contributed by atoms with Gasteiger partial charge in [0.25, 0.3) is 0 Å². The minimum atomic E-state index is 0.628. The first kappa shape index (κ1) is 15.3. The second-order valence-corrected chi connectivity index (χ2v) is 5.81. The van der Waals surface area contributed by atoms with Gasteiger partial charge in [-0.3, -0.25) is 4.90 Å². The Labute approximate surface area is 123 Å². The summed E-state index contributed by atoms with van der Waals surface area (Å²) in [4.78, 5) is 2.57. The van der Waals surface area contributed by atoms with Gasteiger partial charge in [-0.25, -0.2) is 0 Å². The van der Waals surface area contributed by atoms with Gasteiger partial charge in [0.1, 0.15) is 5.75 Å². The van der Waals surface area contributed by atoms with Gasteiger partial charge in [-0.1, -0.05) is 25.1 Å². The minimum absolute atomic E-state index is 0.628. The molecule has 1 aromatic carbocycles. The van der Waals surface area contributed by atoms with Crippen LogP contribution < -0.4 is 10.1 Å². The summed E-state index contributed by atoms with van der Waals surface area (Å²) in [6.07, 6.45) is 3.71. The summed E-state index contributed by atoms with van der Waals surface area (Å²) in [6, 6.07) is 9.68. The molecule has 0 saturated carbocycles. The highest BCUT2D eigenvalue weighted by Crippen LogP contribution is 2.24. The molecular formula is C17H28N2O. The number of benzene rings is 1. The molecule has 2 unspecified atom stereocenters. The lowest BCUT2D eigenvalue weighted by atomic mass is 9.97. The Morgan fingerprint density at radius 3 is 2.85 bits per heavy atom. The summed E-state index contributed by atoms with van der Waals surface area (Å²) in [5.41, 5.74) is 1.29. The Morgan fingerprint density at radius 2 is 2.15 bits per heavy atom. The average Bonchev–Trinajstić information content (AvgIpc) is 2.48. The molecule has 0 aromatic heterocycles. The summed E-state index contributed by atoms with van der Waals surface area (Å²) in [5, 5.41) is 3.66. The van der Waals surface area contributed by atoms with Crippen LogP contribution in [0.2, 0.25) is 0 Å². The highest BCUT2D eigenvalue weighted by atomic mass is 16.5. The van der Waals surface area contributed by atoms with Gasteiger partial charge in [0.2, 0.25) is 0 Å². The summed E-state index contributed by atoms with van der Waals surface area (Å²) >= 11 is 0. The van der Waals surface area contributed by atoms with Crippen LogP contribution in [0.15, 0.2) is 24.3 Å². The van der Waals surface area contributed by atoms with E-state index in [4.69, 9.17) is 4.74 Å². The summed E-state index contributed by atoms with van der Waals surface area (Å²) in [6.45, 7) is 7.87. The molecule has 0 radical (unpaired) electrons. The third-order valence-electron chi connectivity index (χ3n) is 4.26. The van der Waals surface area contributed by atoms with E-state index in [1.807, 2.05) is 6.07 Å². The molecular weight excluding hydrogens is 248 g/mol. The molecule has 0 amide bonds. The largest absolute Gasteiger partial charge is 0.496 e. The minimum Gasteiger partial charge on any atom is -0.496 e. The Morgan fingerprint density at radius 1 is 1.35 bits per heavy atom. The number of rotatable bonds is 6. The van der Waals surface area contributed by atoms with E-state index in [9.17, 15) is 0 Å². The lowest BCUT2D eigenvalue weighted by Gasteiger charge is -2.38. The van der Waals surface area contributed by atoms with Crippen molar-refractivity contribution in [3.05, 3.63) is 29.8 Å². The first-order valence-corrected chi connectivity index (χ1v) is 7.84. The van der Waals surface area contributed by atoms with Crippen LogP contribution in [0.3, 0.4) is 0 Å². The zero-order valence-corrected chi connectivity index (χ0v) is 13.1. The summed E-state index contributed by atoms with van der Waals surface area (Å²) in [7, 11) is 1.75. The highest BCUT2D eigenvalue weighted by molar-refractivity contribution is 5.33. The highest BCUT2D eigenvalue weighted by Gasteiger charge is 2.25. The zero-order valence-electron chi connectivity index (χ0n) is 13.1. The molecule has 3 nitrogen and oxygen atoms in total. The van der Waals surface area contributed by atoms with Crippen LogP contribution in [-0.4, -0.2) is 37.2 Å². The summed E-state index contributed by atoms with van der Waals surface area (Å²) in [5.74, 6) is 1.01. The van der Waals surface area contributed by atoms with E-state index >= 15 is 0 Å². The van der Waals surface area contributed by atoms with Crippen LogP contribution in [0.1, 0.15) is 38.7 Å². The Bertz CT molecular complexity index is 408. The zero-order chi connectivity index (χ0) is 14.4. The fourth-order valence-electron chi connectivity index (χ4n) is 3.04. The van der Waals surface area contributed by atoms with Gasteiger partial charge in [-0.2, -0.15) is 0 Å². The first-order valence-electron chi connectivity index (χ1n) is 7.84. The molecule has 0 aliphatic carbocycles. The van der Waals surface area contributed by atoms with E-state index in [1.165, 1.54) is 31.4 Å². The van der Waals surface area contributed by atoms with Crippen molar-refractivity contribution in [3.63, 3.8) is 0 Å². The number of likely N-dealkylation sites (tertiary alicyclic amines) is 1. The van der Waals surface area contributed by atoms with E-state index in [1.54, 1.807) is 7.11 Å². The smallest absolute Gasteiger partial charge is 0.123 e. The van der Waals surface area contributed by atoms with E-state index in [0.717, 1.165) is 18.8 Å². The van der Waals surface area contributed by atoms with Gasteiger partial charge in [0.15, 0.2) is 0 Å².